The first-order valence-corrected chi connectivity index (χ1v) is 9.23. The van der Waals surface area contributed by atoms with Crippen molar-refractivity contribution in [3.8, 4) is 0 Å². The molecule has 0 spiro atoms. The lowest BCUT2D eigenvalue weighted by atomic mass is 10.2. The van der Waals surface area contributed by atoms with Gasteiger partial charge in [0.15, 0.2) is 0 Å². The molecule has 6 heteroatoms. The van der Waals surface area contributed by atoms with Crippen molar-refractivity contribution < 1.29 is 13.2 Å². The fraction of sp³-hybridized carbons (Fsp3) is 0.562. The van der Waals surface area contributed by atoms with E-state index < -0.39 is 10.0 Å². The summed E-state index contributed by atoms with van der Waals surface area (Å²) in [6, 6.07) is 5.58. The Morgan fingerprint density at radius 3 is 2.59 bits per heavy atom. The van der Waals surface area contributed by atoms with Crippen LogP contribution in [0.1, 0.15) is 43.2 Å². The van der Waals surface area contributed by atoms with Crippen molar-refractivity contribution in [3.63, 3.8) is 0 Å². The number of hydrogen-bond donors (Lipinski definition) is 2. The van der Waals surface area contributed by atoms with Gasteiger partial charge in [-0.25, -0.2) is 13.1 Å². The number of amides is 1. The molecule has 2 rings (SSSR count). The zero-order valence-electron chi connectivity index (χ0n) is 13.2. The van der Waals surface area contributed by atoms with E-state index in [1.54, 1.807) is 19.1 Å². The van der Waals surface area contributed by atoms with E-state index in [-0.39, 0.29) is 29.8 Å². The molecule has 0 aliphatic heterocycles. The van der Waals surface area contributed by atoms with Gasteiger partial charge in [0.2, 0.25) is 15.9 Å². The molecule has 1 amide bonds. The summed E-state index contributed by atoms with van der Waals surface area (Å²) < 4.78 is 27.1. The fourth-order valence-electron chi connectivity index (χ4n) is 2.74. The molecule has 2 N–H and O–H groups in total. The Balaban J connectivity index is 1.87. The van der Waals surface area contributed by atoms with Crippen molar-refractivity contribution in [2.45, 2.75) is 56.9 Å². The van der Waals surface area contributed by atoms with Gasteiger partial charge in [-0.15, -0.1) is 0 Å². The van der Waals surface area contributed by atoms with Gasteiger partial charge < -0.3 is 5.32 Å². The largest absolute Gasteiger partial charge is 0.353 e. The lowest BCUT2D eigenvalue weighted by molar-refractivity contribution is -0.121. The molecule has 1 fully saturated rings. The summed E-state index contributed by atoms with van der Waals surface area (Å²) in [4.78, 5) is 12.1. The first-order valence-electron chi connectivity index (χ1n) is 7.75. The Hall–Kier alpha value is -1.40. The summed E-state index contributed by atoms with van der Waals surface area (Å²) >= 11 is 0. The highest BCUT2D eigenvalue weighted by molar-refractivity contribution is 7.89. The first-order chi connectivity index (χ1) is 10.4. The molecule has 5 nitrogen and oxygen atoms in total. The summed E-state index contributed by atoms with van der Waals surface area (Å²) in [6.45, 7) is 3.74. The first kappa shape index (κ1) is 17.0. The highest BCUT2D eigenvalue weighted by atomic mass is 32.2. The Bertz CT molecular complexity index is 635. The topological polar surface area (TPSA) is 75.3 Å². The lowest BCUT2D eigenvalue weighted by Gasteiger charge is -2.13. The smallest absolute Gasteiger partial charge is 0.240 e. The van der Waals surface area contributed by atoms with Gasteiger partial charge in [-0.1, -0.05) is 25.0 Å². The number of carbonyl (C=O) groups excluding carboxylic acids is 1. The molecule has 0 atom stereocenters. The number of rotatable bonds is 6. The minimum Gasteiger partial charge on any atom is -0.353 e. The standard InChI is InChI=1S/C16H24N2O3S/c1-12-7-8-13(2)15(11-12)22(20,21)17-10-9-16(19)18-14-5-3-4-6-14/h7-8,11,14,17H,3-6,9-10H2,1-2H3,(H,18,19). The molecule has 0 radical (unpaired) electrons. The van der Waals surface area contributed by atoms with E-state index in [1.165, 1.54) is 0 Å². The highest BCUT2D eigenvalue weighted by Crippen LogP contribution is 2.18. The number of sulfonamides is 1. The molecule has 1 aliphatic rings. The molecule has 122 valence electrons. The Morgan fingerprint density at radius 1 is 1.23 bits per heavy atom. The van der Waals surface area contributed by atoms with Crippen LogP contribution in [-0.2, 0) is 14.8 Å². The zero-order chi connectivity index (χ0) is 16.2. The second-order valence-electron chi connectivity index (χ2n) is 5.97. The summed E-state index contributed by atoms with van der Waals surface area (Å²) in [6.07, 6.45) is 4.54. The van der Waals surface area contributed by atoms with E-state index in [9.17, 15) is 13.2 Å². The number of hydrogen-bond acceptors (Lipinski definition) is 3. The molecule has 1 saturated carbocycles. The normalized spacial score (nSPS) is 15.9. The van der Waals surface area contributed by atoms with Gasteiger partial charge in [0.05, 0.1) is 4.90 Å². The minimum atomic E-state index is -3.57. The number of aryl methyl sites for hydroxylation is 2. The third-order valence-electron chi connectivity index (χ3n) is 4.00. The Morgan fingerprint density at radius 2 is 1.91 bits per heavy atom. The molecular weight excluding hydrogens is 300 g/mol. The SMILES string of the molecule is Cc1ccc(C)c(S(=O)(=O)NCCC(=O)NC2CCCC2)c1. The van der Waals surface area contributed by atoms with E-state index in [2.05, 4.69) is 10.0 Å². The third-order valence-corrected chi connectivity index (χ3v) is 5.60. The van der Waals surface area contributed by atoms with Crippen LogP contribution in [0.3, 0.4) is 0 Å². The highest BCUT2D eigenvalue weighted by Gasteiger charge is 2.19. The average Bonchev–Trinajstić information content (AvgIpc) is 2.94. The van der Waals surface area contributed by atoms with E-state index in [0.717, 1.165) is 31.2 Å². The summed E-state index contributed by atoms with van der Waals surface area (Å²) in [7, 11) is -3.57. The molecule has 0 aromatic heterocycles. The quantitative estimate of drug-likeness (QED) is 0.841. The monoisotopic (exact) mass is 324 g/mol. The van der Waals surface area contributed by atoms with Crippen LogP contribution in [0.4, 0.5) is 0 Å². The lowest BCUT2D eigenvalue weighted by Crippen LogP contribution is -2.35. The van der Waals surface area contributed by atoms with Crippen LogP contribution < -0.4 is 10.0 Å². The van der Waals surface area contributed by atoms with Gasteiger partial charge in [-0.3, -0.25) is 4.79 Å². The van der Waals surface area contributed by atoms with Crippen LogP contribution in [0, 0.1) is 13.8 Å². The molecule has 0 unspecified atom stereocenters. The van der Waals surface area contributed by atoms with Crippen molar-refractivity contribution >= 4 is 15.9 Å². The molecule has 0 bridgehead atoms. The number of benzene rings is 1. The Kier molecular flexibility index (Phi) is 5.58. The van der Waals surface area contributed by atoms with Crippen molar-refractivity contribution in [1.29, 1.82) is 0 Å². The minimum absolute atomic E-state index is 0.0874. The molecule has 1 aromatic carbocycles. The molecule has 0 heterocycles. The fourth-order valence-corrected chi connectivity index (χ4v) is 4.10. The van der Waals surface area contributed by atoms with Gasteiger partial charge in [-0.2, -0.15) is 0 Å². The average molecular weight is 324 g/mol. The number of nitrogens with one attached hydrogen (secondary N) is 2. The van der Waals surface area contributed by atoms with Gasteiger partial charge in [-0.05, 0) is 43.9 Å². The molecule has 1 aliphatic carbocycles. The van der Waals surface area contributed by atoms with Crippen molar-refractivity contribution in [2.24, 2.45) is 0 Å². The zero-order valence-corrected chi connectivity index (χ0v) is 14.0. The third kappa shape index (κ3) is 4.55. The van der Waals surface area contributed by atoms with E-state index in [1.807, 2.05) is 13.0 Å². The number of carbonyl (C=O) groups is 1. The van der Waals surface area contributed by atoms with Crippen LogP contribution >= 0.6 is 0 Å². The van der Waals surface area contributed by atoms with E-state index in [4.69, 9.17) is 0 Å². The van der Waals surface area contributed by atoms with Crippen molar-refractivity contribution in [3.05, 3.63) is 29.3 Å². The van der Waals surface area contributed by atoms with E-state index in [0.29, 0.717) is 5.56 Å². The van der Waals surface area contributed by atoms with Gasteiger partial charge in [0.1, 0.15) is 0 Å². The van der Waals surface area contributed by atoms with Gasteiger partial charge >= 0.3 is 0 Å². The summed E-state index contributed by atoms with van der Waals surface area (Å²) in [5.74, 6) is -0.0874. The van der Waals surface area contributed by atoms with Crippen LogP contribution in [0.15, 0.2) is 23.1 Å². The molecular formula is C16H24N2O3S. The molecule has 1 aromatic rings. The van der Waals surface area contributed by atoms with Crippen LogP contribution in [0.5, 0.6) is 0 Å². The summed E-state index contributed by atoms with van der Waals surface area (Å²) in [5.41, 5.74) is 1.60. The van der Waals surface area contributed by atoms with Gasteiger partial charge in [0.25, 0.3) is 0 Å². The van der Waals surface area contributed by atoms with Crippen molar-refractivity contribution in [2.75, 3.05) is 6.54 Å². The maximum atomic E-state index is 12.3. The van der Waals surface area contributed by atoms with Crippen molar-refractivity contribution in [1.82, 2.24) is 10.0 Å². The van der Waals surface area contributed by atoms with Crippen LogP contribution in [-0.4, -0.2) is 26.9 Å². The molecule has 22 heavy (non-hydrogen) atoms. The second-order valence-corrected chi connectivity index (χ2v) is 7.70. The Labute approximate surface area is 132 Å². The molecule has 0 saturated heterocycles. The van der Waals surface area contributed by atoms with Gasteiger partial charge in [0, 0.05) is 19.0 Å². The maximum absolute atomic E-state index is 12.3. The maximum Gasteiger partial charge on any atom is 0.240 e. The predicted molar refractivity (Wildman–Crippen MR) is 86.1 cm³/mol. The van der Waals surface area contributed by atoms with Crippen LogP contribution in [0.2, 0.25) is 0 Å². The van der Waals surface area contributed by atoms with Crippen LogP contribution in [0.25, 0.3) is 0 Å². The predicted octanol–water partition coefficient (Wildman–Crippen LogP) is 2.03. The summed E-state index contributed by atoms with van der Waals surface area (Å²) in [5, 5.41) is 2.95. The van der Waals surface area contributed by atoms with E-state index >= 15 is 0 Å². The second kappa shape index (κ2) is 7.24.